The fraction of sp³-hybridized carbons (Fsp3) is 0.150. The number of anilines is 3. The van der Waals surface area contributed by atoms with Crippen LogP contribution in [-0.2, 0) is 11.3 Å². The summed E-state index contributed by atoms with van der Waals surface area (Å²) in [6, 6.07) is 16.4. The summed E-state index contributed by atoms with van der Waals surface area (Å²) in [7, 11) is 1.36. The maximum atomic E-state index is 11.5. The fourth-order valence-electron chi connectivity index (χ4n) is 2.45. The van der Waals surface area contributed by atoms with Gasteiger partial charge in [0, 0.05) is 29.0 Å². The Labute approximate surface area is 162 Å². The van der Waals surface area contributed by atoms with Crippen molar-refractivity contribution in [2.24, 2.45) is 0 Å². The van der Waals surface area contributed by atoms with Gasteiger partial charge < -0.3 is 15.4 Å². The van der Waals surface area contributed by atoms with E-state index in [1.54, 1.807) is 24.3 Å². The molecule has 0 saturated heterocycles. The van der Waals surface area contributed by atoms with Crippen LogP contribution in [0, 0.1) is 6.92 Å². The Morgan fingerprint density at radius 3 is 2.44 bits per heavy atom. The predicted octanol–water partition coefficient (Wildman–Crippen LogP) is 4.58. The van der Waals surface area contributed by atoms with E-state index in [2.05, 4.69) is 20.6 Å². The largest absolute Gasteiger partial charge is 0.465 e. The first-order valence-electron chi connectivity index (χ1n) is 8.33. The van der Waals surface area contributed by atoms with Gasteiger partial charge in [0.2, 0.25) is 5.95 Å². The van der Waals surface area contributed by atoms with Crippen LogP contribution < -0.4 is 10.6 Å². The quantitative estimate of drug-likeness (QED) is 0.608. The van der Waals surface area contributed by atoms with Crippen molar-refractivity contribution < 1.29 is 9.53 Å². The normalized spacial score (nSPS) is 10.3. The molecule has 2 N–H and O–H groups in total. The molecule has 1 heterocycles. The number of hydrogen-bond acceptors (Lipinski definition) is 6. The third-order valence-electron chi connectivity index (χ3n) is 3.80. The molecule has 2 aromatic carbocycles. The molecule has 0 aliphatic rings. The van der Waals surface area contributed by atoms with Gasteiger partial charge in [-0.05, 0) is 48.9 Å². The fourth-order valence-corrected chi connectivity index (χ4v) is 2.58. The molecule has 7 heteroatoms. The van der Waals surface area contributed by atoms with Crippen molar-refractivity contribution in [1.29, 1.82) is 0 Å². The minimum absolute atomic E-state index is 0.367. The van der Waals surface area contributed by atoms with Crippen LogP contribution in [0.15, 0.2) is 54.6 Å². The summed E-state index contributed by atoms with van der Waals surface area (Å²) in [6.07, 6.45) is 0. The number of carbonyl (C=O) groups excluding carboxylic acids is 1. The molecule has 0 unspecified atom stereocenters. The second-order valence-corrected chi connectivity index (χ2v) is 6.33. The van der Waals surface area contributed by atoms with Crippen molar-refractivity contribution in [2.75, 3.05) is 17.7 Å². The van der Waals surface area contributed by atoms with E-state index in [4.69, 9.17) is 16.3 Å². The minimum Gasteiger partial charge on any atom is -0.465 e. The Kier molecular flexibility index (Phi) is 5.88. The molecule has 0 atom stereocenters. The Hall–Kier alpha value is -3.12. The molecule has 0 amide bonds. The van der Waals surface area contributed by atoms with E-state index >= 15 is 0 Å². The lowest BCUT2D eigenvalue weighted by Gasteiger charge is -2.10. The average Bonchev–Trinajstić information content (AvgIpc) is 2.67. The lowest BCUT2D eigenvalue weighted by atomic mass is 10.2. The topological polar surface area (TPSA) is 76.1 Å². The van der Waals surface area contributed by atoms with Gasteiger partial charge in [-0.2, -0.15) is 4.98 Å². The zero-order chi connectivity index (χ0) is 19.2. The summed E-state index contributed by atoms with van der Waals surface area (Å²) in [4.78, 5) is 20.4. The number of halogens is 1. The van der Waals surface area contributed by atoms with E-state index in [-0.39, 0.29) is 5.97 Å². The van der Waals surface area contributed by atoms with Crippen LogP contribution in [0.25, 0.3) is 0 Å². The standard InChI is InChI=1S/C20H19ClN4O2/c1-13-11-18(24-17-9-5-15(6-10-17)19(26)27-2)25-20(23-13)22-12-14-3-7-16(21)8-4-14/h3-11H,12H2,1-2H3,(H2,22,23,24,25). The van der Waals surface area contributed by atoms with Crippen LogP contribution >= 0.6 is 11.6 Å². The van der Waals surface area contributed by atoms with Crippen LogP contribution in [0.4, 0.5) is 17.5 Å². The molecule has 1 aromatic heterocycles. The highest BCUT2D eigenvalue weighted by Gasteiger charge is 2.06. The SMILES string of the molecule is COC(=O)c1ccc(Nc2cc(C)nc(NCc3ccc(Cl)cc3)n2)cc1. The van der Waals surface area contributed by atoms with Gasteiger partial charge in [0.25, 0.3) is 0 Å². The molecular weight excluding hydrogens is 364 g/mol. The van der Waals surface area contributed by atoms with E-state index in [1.807, 2.05) is 37.3 Å². The van der Waals surface area contributed by atoms with Gasteiger partial charge in [-0.1, -0.05) is 23.7 Å². The number of esters is 1. The van der Waals surface area contributed by atoms with Crippen molar-refractivity contribution in [3.05, 3.63) is 76.4 Å². The van der Waals surface area contributed by atoms with Gasteiger partial charge in [0.15, 0.2) is 0 Å². The number of carbonyl (C=O) groups is 1. The van der Waals surface area contributed by atoms with Gasteiger partial charge in [-0.15, -0.1) is 0 Å². The van der Waals surface area contributed by atoms with Gasteiger partial charge in [-0.3, -0.25) is 0 Å². The molecule has 0 spiro atoms. The molecule has 6 nitrogen and oxygen atoms in total. The second-order valence-electron chi connectivity index (χ2n) is 5.89. The number of ether oxygens (including phenoxy) is 1. The highest BCUT2D eigenvalue weighted by atomic mass is 35.5. The molecule has 138 valence electrons. The first-order chi connectivity index (χ1) is 13.0. The maximum absolute atomic E-state index is 11.5. The molecule has 3 rings (SSSR count). The summed E-state index contributed by atoms with van der Waals surface area (Å²) in [5.74, 6) is 0.818. The number of benzene rings is 2. The Morgan fingerprint density at radius 2 is 1.78 bits per heavy atom. The van der Waals surface area contributed by atoms with Crippen molar-refractivity contribution in [2.45, 2.75) is 13.5 Å². The van der Waals surface area contributed by atoms with E-state index in [0.717, 1.165) is 16.9 Å². The van der Waals surface area contributed by atoms with Crippen molar-refractivity contribution in [3.8, 4) is 0 Å². The number of methoxy groups -OCH3 is 1. The molecule has 0 fully saturated rings. The second kappa shape index (κ2) is 8.51. The van der Waals surface area contributed by atoms with E-state index < -0.39 is 0 Å². The molecule has 3 aromatic rings. The Morgan fingerprint density at radius 1 is 1.07 bits per heavy atom. The summed E-state index contributed by atoms with van der Waals surface area (Å²) in [6.45, 7) is 2.49. The number of nitrogens with zero attached hydrogens (tertiary/aromatic N) is 2. The number of aryl methyl sites for hydroxylation is 1. The molecule has 27 heavy (non-hydrogen) atoms. The van der Waals surface area contributed by atoms with Crippen molar-refractivity contribution in [1.82, 2.24) is 9.97 Å². The first kappa shape index (κ1) is 18.7. The highest BCUT2D eigenvalue weighted by Crippen LogP contribution is 2.18. The predicted molar refractivity (Wildman–Crippen MR) is 107 cm³/mol. The summed E-state index contributed by atoms with van der Waals surface area (Å²) in [5, 5.41) is 7.13. The van der Waals surface area contributed by atoms with Gasteiger partial charge in [0.05, 0.1) is 12.7 Å². The monoisotopic (exact) mass is 382 g/mol. The van der Waals surface area contributed by atoms with Crippen LogP contribution in [0.5, 0.6) is 0 Å². The zero-order valence-electron chi connectivity index (χ0n) is 15.0. The van der Waals surface area contributed by atoms with E-state index in [0.29, 0.717) is 28.9 Å². The molecule has 0 radical (unpaired) electrons. The zero-order valence-corrected chi connectivity index (χ0v) is 15.7. The Bertz CT molecular complexity index is 928. The maximum Gasteiger partial charge on any atom is 0.337 e. The third-order valence-corrected chi connectivity index (χ3v) is 4.05. The number of hydrogen-bond donors (Lipinski definition) is 2. The van der Waals surface area contributed by atoms with Gasteiger partial charge in [-0.25, -0.2) is 9.78 Å². The minimum atomic E-state index is -0.367. The van der Waals surface area contributed by atoms with Gasteiger partial charge in [0.1, 0.15) is 5.82 Å². The molecule has 0 saturated carbocycles. The summed E-state index contributed by atoms with van der Waals surface area (Å²) < 4.78 is 4.70. The molecule has 0 aliphatic heterocycles. The van der Waals surface area contributed by atoms with Crippen LogP contribution in [0.3, 0.4) is 0 Å². The molecule has 0 aliphatic carbocycles. The highest BCUT2D eigenvalue weighted by molar-refractivity contribution is 6.30. The Balaban J connectivity index is 1.69. The van der Waals surface area contributed by atoms with Crippen LogP contribution in [0.2, 0.25) is 5.02 Å². The number of aromatic nitrogens is 2. The lowest BCUT2D eigenvalue weighted by molar-refractivity contribution is 0.0601. The third kappa shape index (κ3) is 5.18. The van der Waals surface area contributed by atoms with Crippen LogP contribution in [0.1, 0.15) is 21.6 Å². The first-order valence-corrected chi connectivity index (χ1v) is 8.71. The number of nitrogens with one attached hydrogen (secondary N) is 2. The number of rotatable bonds is 6. The lowest BCUT2D eigenvalue weighted by Crippen LogP contribution is -2.06. The smallest absolute Gasteiger partial charge is 0.337 e. The van der Waals surface area contributed by atoms with Crippen molar-refractivity contribution >= 4 is 35.0 Å². The van der Waals surface area contributed by atoms with E-state index in [9.17, 15) is 4.79 Å². The van der Waals surface area contributed by atoms with Gasteiger partial charge >= 0.3 is 5.97 Å². The average molecular weight is 383 g/mol. The van der Waals surface area contributed by atoms with E-state index in [1.165, 1.54) is 7.11 Å². The summed E-state index contributed by atoms with van der Waals surface area (Å²) >= 11 is 5.90. The van der Waals surface area contributed by atoms with Crippen LogP contribution in [-0.4, -0.2) is 23.0 Å². The molecular formula is C20H19ClN4O2. The molecule has 0 bridgehead atoms. The van der Waals surface area contributed by atoms with Crippen molar-refractivity contribution in [3.63, 3.8) is 0 Å². The summed E-state index contributed by atoms with van der Waals surface area (Å²) in [5.41, 5.74) is 3.21.